The fraction of sp³-hybridized carbons (Fsp3) is 0.875. The van der Waals surface area contributed by atoms with Crippen molar-refractivity contribution in [1.29, 1.82) is 0 Å². The van der Waals surface area contributed by atoms with Crippen molar-refractivity contribution in [1.82, 2.24) is 15.0 Å². The molecule has 1 heterocycles. The van der Waals surface area contributed by atoms with Gasteiger partial charge in [-0.3, -0.25) is 4.79 Å². The third-order valence-corrected chi connectivity index (χ3v) is 10.2. The Morgan fingerprint density at radius 3 is 2.48 bits per heavy atom. The first-order valence-corrected chi connectivity index (χ1v) is 12.0. The van der Waals surface area contributed by atoms with Crippen LogP contribution in [0.15, 0.2) is 12.4 Å². The summed E-state index contributed by atoms with van der Waals surface area (Å²) in [5, 5.41) is 18.7. The van der Waals surface area contributed by atoms with Crippen LogP contribution in [-0.4, -0.2) is 37.9 Å². The Morgan fingerprint density at radius 1 is 1.06 bits per heavy atom. The normalized spacial score (nSPS) is 47.0. The number of carbonyl (C=O) groups is 1. The number of aliphatic hydroxyl groups is 1. The number of halogens is 2. The zero-order chi connectivity index (χ0) is 22.0. The predicted molar refractivity (Wildman–Crippen MR) is 111 cm³/mol. The van der Waals surface area contributed by atoms with Crippen LogP contribution < -0.4 is 0 Å². The molecule has 0 radical (unpaired) electrons. The number of alkyl halides is 2. The molecule has 1 aromatic rings. The van der Waals surface area contributed by atoms with Crippen molar-refractivity contribution in [2.24, 2.45) is 40.4 Å². The van der Waals surface area contributed by atoms with E-state index in [0.29, 0.717) is 24.2 Å². The number of rotatable bonds is 4. The minimum Gasteiger partial charge on any atom is -0.384 e. The topological polar surface area (TPSA) is 68.0 Å². The van der Waals surface area contributed by atoms with E-state index in [1.165, 1.54) is 4.80 Å². The smallest absolute Gasteiger partial charge is 0.266 e. The molecule has 4 fully saturated rings. The lowest BCUT2D eigenvalue weighted by Gasteiger charge is -2.62. The zero-order valence-corrected chi connectivity index (χ0v) is 18.6. The highest BCUT2D eigenvalue weighted by Crippen LogP contribution is 2.69. The van der Waals surface area contributed by atoms with E-state index in [2.05, 4.69) is 24.0 Å². The van der Waals surface area contributed by atoms with Gasteiger partial charge in [0, 0.05) is 5.92 Å². The van der Waals surface area contributed by atoms with Gasteiger partial charge < -0.3 is 5.11 Å². The average molecular weight is 436 g/mol. The summed E-state index contributed by atoms with van der Waals surface area (Å²) >= 11 is 0. The third-order valence-electron chi connectivity index (χ3n) is 10.2. The van der Waals surface area contributed by atoms with Gasteiger partial charge in [0.15, 0.2) is 5.78 Å². The molecule has 0 aromatic carbocycles. The maximum absolute atomic E-state index is 13.5. The first-order valence-electron chi connectivity index (χ1n) is 12.0. The molecule has 8 unspecified atom stereocenters. The predicted octanol–water partition coefficient (Wildman–Crippen LogP) is 4.50. The Balaban J connectivity index is 1.35. The van der Waals surface area contributed by atoms with Crippen molar-refractivity contribution in [3.8, 4) is 0 Å². The van der Waals surface area contributed by atoms with Gasteiger partial charge in [0.2, 0.25) is 0 Å². The molecule has 4 saturated carbocycles. The molecule has 0 saturated heterocycles. The van der Waals surface area contributed by atoms with Crippen LogP contribution in [0.4, 0.5) is 8.78 Å². The Morgan fingerprint density at radius 2 is 1.77 bits per heavy atom. The van der Waals surface area contributed by atoms with E-state index in [1.807, 2.05) is 0 Å². The van der Waals surface area contributed by atoms with Crippen LogP contribution in [-0.2, 0) is 11.3 Å². The first-order chi connectivity index (χ1) is 14.7. The van der Waals surface area contributed by atoms with E-state index in [4.69, 9.17) is 0 Å². The standard InChI is InChI=1S/C24H35F2N3O2/c1-22-8-5-15-13-24(31,21(25)26)10-6-16(15)17(22)7-9-23(2)18(3-4-20(22)23)19(30)14-29-27-11-12-28-29/h11-12,15-18,20-21,31H,3-10,13-14H2,1-2H3. The summed E-state index contributed by atoms with van der Waals surface area (Å²) in [5.74, 6) is 1.96. The molecule has 1 aromatic heterocycles. The first kappa shape index (κ1) is 21.5. The number of ketones is 1. The number of nitrogens with zero attached hydrogens (tertiary/aromatic N) is 3. The number of aromatic nitrogens is 3. The lowest BCUT2D eigenvalue weighted by molar-refractivity contribution is -0.178. The van der Waals surface area contributed by atoms with Crippen LogP contribution >= 0.6 is 0 Å². The highest BCUT2D eigenvalue weighted by Gasteiger charge is 2.64. The van der Waals surface area contributed by atoms with Crippen LogP contribution in [0.2, 0.25) is 0 Å². The quantitative estimate of drug-likeness (QED) is 0.756. The third kappa shape index (κ3) is 3.20. The Labute approximate surface area is 183 Å². The summed E-state index contributed by atoms with van der Waals surface area (Å²) in [5.41, 5.74) is -1.63. The van der Waals surface area contributed by atoms with Gasteiger partial charge in [-0.2, -0.15) is 15.0 Å². The summed E-state index contributed by atoms with van der Waals surface area (Å²) in [6.07, 6.45) is 7.81. The van der Waals surface area contributed by atoms with Gasteiger partial charge in [-0.1, -0.05) is 13.8 Å². The van der Waals surface area contributed by atoms with Crippen molar-refractivity contribution >= 4 is 5.78 Å². The molecule has 0 bridgehead atoms. The maximum Gasteiger partial charge on any atom is 0.266 e. The number of hydrogen-bond donors (Lipinski definition) is 1. The lowest BCUT2D eigenvalue weighted by atomic mass is 9.43. The van der Waals surface area contributed by atoms with Gasteiger partial charge >= 0.3 is 0 Å². The van der Waals surface area contributed by atoms with Crippen LogP contribution in [0, 0.1) is 40.4 Å². The Kier molecular flexibility index (Phi) is 5.07. The Hall–Kier alpha value is -1.37. The van der Waals surface area contributed by atoms with Gasteiger partial charge in [0.25, 0.3) is 6.43 Å². The molecule has 31 heavy (non-hydrogen) atoms. The van der Waals surface area contributed by atoms with Gasteiger partial charge in [0.05, 0.1) is 12.4 Å². The highest BCUT2D eigenvalue weighted by atomic mass is 19.3. The molecule has 1 N–H and O–H groups in total. The average Bonchev–Trinajstić information content (AvgIpc) is 3.35. The maximum atomic E-state index is 13.5. The van der Waals surface area contributed by atoms with Crippen molar-refractivity contribution in [3.05, 3.63) is 12.4 Å². The fourth-order valence-electron chi connectivity index (χ4n) is 8.79. The SMILES string of the molecule is CC12CCC3C4CCC(O)(C(F)F)CC4CCC3(C)C1CCC2C(=O)Cn1nccn1. The summed E-state index contributed by atoms with van der Waals surface area (Å²) in [6, 6.07) is 0. The second-order valence-corrected chi connectivity index (χ2v) is 11.5. The van der Waals surface area contributed by atoms with Crippen molar-refractivity contribution in [2.45, 2.75) is 90.2 Å². The summed E-state index contributed by atoms with van der Waals surface area (Å²) in [7, 11) is 0. The molecule has 0 aliphatic heterocycles. The molecular weight excluding hydrogens is 400 g/mol. The molecule has 172 valence electrons. The van der Waals surface area contributed by atoms with Crippen LogP contribution in [0.1, 0.15) is 71.6 Å². The molecule has 0 spiro atoms. The van der Waals surface area contributed by atoms with Crippen LogP contribution in [0.5, 0.6) is 0 Å². The summed E-state index contributed by atoms with van der Waals surface area (Å²) in [4.78, 5) is 14.7. The molecule has 8 atom stereocenters. The molecular formula is C24H35F2N3O2. The van der Waals surface area contributed by atoms with Crippen LogP contribution in [0.25, 0.3) is 0 Å². The summed E-state index contributed by atoms with van der Waals surface area (Å²) in [6.45, 7) is 5.00. The highest BCUT2D eigenvalue weighted by molar-refractivity contribution is 5.82. The lowest BCUT2D eigenvalue weighted by Crippen LogP contribution is -2.57. The number of Topliss-reactive ketones (excluding diaryl/α,β-unsaturated/α-hetero) is 1. The molecule has 4 aliphatic carbocycles. The van der Waals surface area contributed by atoms with Crippen molar-refractivity contribution in [3.63, 3.8) is 0 Å². The second kappa shape index (κ2) is 7.32. The minimum absolute atomic E-state index is 0.000693. The van der Waals surface area contributed by atoms with E-state index in [9.17, 15) is 18.7 Å². The minimum atomic E-state index is -2.65. The number of hydrogen-bond acceptors (Lipinski definition) is 4. The van der Waals surface area contributed by atoms with E-state index in [1.54, 1.807) is 12.4 Å². The monoisotopic (exact) mass is 435 g/mol. The molecule has 5 rings (SSSR count). The van der Waals surface area contributed by atoms with Gasteiger partial charge in [0.1, 0.15) is 12.1 Å². The van der Waals surface area contributed by atoms with Gasteiger partial charge in [-0.15, -0.1) is 0 Å². The fourth-order valence-corrected chi connectivity index (χ4v) is 8.79. The number of carbonyl (C=O) groups excluding carboxylic acids is 1. The molecule has 7 heteroatoms. The zero-order valence-electron chi connectivity index (χ0n) is 18.6. The van der Waals surface area contributed by atoms with Crippen molar-refractivity contribution in [2.75, 3.05) is 0 Å². The van der Waals surface area contributed by atoms with E-state index in [0.717, 1.165) is 38.5 Å². The van der Waals surface area contributed by atoms with E-state index in [-0.39, 0.29) is 47.8 Å². The van der Waals surface area contributed by atoms with Crippen LogP contribution in [0.3, 0.4) is 0 Å². The van der Waals surface area contributed by atoms with Gasteiger partial charge in [-0.25, -0.2) is 8.78 Å². The molecule has 4 aliphatic rings. The van der Waals surface area contributed by atoms with E-state index >= 15 is 0 Å². The van der Waals surface area contributed by atoms with Crippen molar-refractivity contribution < 1.29 is 18.7 Å². The second-order valence-electron chi connectivity index (χ2n) is 11.5. The van der Waals surface area contributed by atoms with Gasteiger partial charge in [-0.05, 0) is 92.3 Å². The molecule has 5 nitrogen and oxygen atoms in total. The van der Waals surface area contributed by atoms with E-state index < -0.39 is 12.0 Å². The molecule has 0 amide bonds. The Bertz CT molecular complexity index is 833. The largest absolute Gasteiger partial charge is 0.384 e. The summed E-state index contributed by atoms with van der Waals surface area (Å²) < 4.78 is 26.9. The number of fused-ring (bicyclic) bond motifs is 5.